The van der Waals surface area contributed by atoms with Crippen LogP contribution in [0.5, 0.6) is 0 Å². The summed E-state index contributed by atoms with van der Waals surface area (Å²) in [6.07, 6.45) is 3.70. The minimum Gasteiger partial charge on any atom is -0.395 e. The number of aliphatic hydroxyl groups excluding tert-OH is 2. The third-order valence-corrected chi connectivity index (χ3v) is 2.47. The number of aliphatic hydroxyl groups is 2. The second-order valence-electron chi connectivity index (χ2n) is 4.23. The van der Waals surface area contributed by atoms with Crippen molar-refractivity contribution >= 4 is 12.1 Å². The van der Waals surface area contributed by atoms with Crippen molar-refractivity contribution in [3.05, 3.63) is 0 Å². The number of hydrogen-bond donors (Lipinski definition) is 6. The lowest BCUT2D eigenvalue weighted by molar-refractivity contribution is 0.233. The molecule has 0 aromatic heterocycles. The van der Waals surface area contributed by atoms with Crippen LogP contribution in [0.15, 0.2) is 0 Å². The zero-order valence-electron chi connectivity index (χ0n) is 11.8. The molecule has 0 saturated carbocycles. The fraction of sp³-hybridized carbons (Fsp3) is 0.833. The van der Waals surface area contributed by atoms with Crippen LogP contribution in [0, 0.1) is 0 Å². The van der Waals surface area contributed by atoms with Crippen LogP contribution in [0.1, 0.15) is 25.7 Å². The van der Waals surface area contributed by atoms with Gasteiger partial charge in [0.15, 0.2) is 0 Å². The van der Waals surface area contributed by atoms with Gasteiger partial charge in [0.1, 0.15) is 0 Å². The lowest BCUT2D eigenvalue weighted by atomic mass is 10.2. The number of rotatable bonds is 11. The summed E-state index contributed by atoms with van der Waals surface area (Å²) in [6.45, 7) is 1.59. The summed E-state index contributed by atoms with van der Waals surface area (Å²) < 4.78 is 0. The predicted octanol–water partition coefficient (Wildman–Crippen LogP) is -0.870. The van der Waals surface area contributed by atoms with E-state index in [2.05, 4.69) is 21.3 Å². The van der Waals surface area contributed by atoms with Crippen LogP contribution in [-0.4, -0.2) is 61.7 Å². The van der Waals surface area contributed by atoms with Gasteiger partial charge in [0.2, 0.25) is 0 Å². The number of carbonyl (C=O) groups is 2. The molecule has 0 unspecified atom stereocenters. The Morgan fingerprint density at radius 1 is 0.600 bits per heavy atom. The molecule has 6 N–H and O–H groups in total. The molecule has 8 heteroatoms. The average Bonchev–Trinajstić information content (AvgIpc) is 2.45. The molecule has 0 saturated heterocycles. The van der Waals surface area contributed by atoms with Gasteiger partial charge in [-0.15, -0.1) is 0 Å². The number of hydrogen-bond acceptors (Lipinski definition) is 4. The Hall–Kier alpha value is -1.54. The maximum absolute atomic E-state index is 11.1. The highest BCUT2D eigenvalue weighted by Crippen LogP contribution is 1.97. The summed E-state index contributed by atoms with van der Waals surface area (Å²) in [5.41, 5.74) is 0. The zero-order valence-corrected chi connectivity index (χ0v) is 11.8. The number of urea groups is 2. The first-order valence-corrected chi connectivity index (χ1v) is 6.95. The van der Waals surface area contributed by atoms with E-state index >= 15 is 0 Å². The van der Waals surface area contributed by atoms with E-state index in [-0.39, 0.29) is 38.4 Å². The van der Waals surface area contributed by atoms with Crippen LogP contribution in [0.4, 0.5) is 9.59 Å². The van der Waals surface area contributed by atoms with Crippen LogP contribution >= 0.6 is 0 Å². The van der Waals surface area contributed by atoms with E-state index in [0.717, 1.165) is 25.7 Å². The Labute approximate surface area is 119 Å². The summed E-state index contributed by atoms with van der Waals surface area (Å²) in [5, 5.41) is 27.4. The first-order valence-electron chi connectivity index (χ1n) is 6.95. The Balaban J connectivity index is 3.20. The molecule has 20 heavy (non-hydrogen) atoms. The van der Waals surface area contributed by atoms with Crippen molar-refractivity contribution in [2.24, 2.45) is 0 Å². The van der Waals surface area contributed by atoms with Crippen LogP contribution in [0.3, 0.4) is 0 Å². The second-order valence-corrected chi connectivity index (χ2v) is 4.23. The van der Waals surface area contributed by atoms with Gasteiger partial charge < -0.3 is 31.5 Å². The highest BCUT2D eigenvalue weighted by molar-refractivity contribution is 5.74. The topological polar surface area (TPSA) is 123 Å². The molecule has 0 rings (SSSR count). The SMILES string of the molecule is O=C(NCCO)NCCCCCCNC(=O)NCCO. The molecule has 0 bridgehead atoms. The van der Waals surface area contributed by atoms with E-state index in [0.29, 0.717) is 13.1 Å². The lowest BCUT2D eigenvalue weighted by Gasteiger charge is -2.07. The first kappa shape index (κ1) is 18.5. The molecule has 0 fully saturated rings. The van der Waals surface area contributed by atoms with Crippen molar-refractivity contribution in [1.29, 1.82) is 0 Å². The van der Waals surface area contributed by atoms with Crippen LogP contribution in [0.25, 0.3) is 0 Å². The Bertz CT molecular complexity index is 238. The second kappa shape index (κ2) is 13.9. The smallest absolute Gasteiger partial charge is 0.314 e. The quantitative estimate of drug-likeness (QED) is 0.277. The molecule has 0 aromatic carbocycles. The third-order valence-electron chi connectivity index (χ3n) is 2.47. The van der Waals surface area contributed by atoms with Crippen LogP contribution < -0.4 is 21.3 Å². The van der Waals surface area contributed by atoms with E-state index in [9.17, 15) is 9.59 Å². The predicted molar refractivity (Wildman–Crippen MR) is 75.4 cm³/mol. The van der Waals surface area contributed by atoms with E-state index in [1.54, 1.807) is 0 Å². The highest BCUT2D eigenvalue weighted by atomic mass is 16.3. The lowest BCUT2D eigenvalue weighted by Crippen LogP contribution is -2.37. The van der Waals surface area contributed by atoms with Gasteiger partial charge in [0.25, 0.3) is 0 Å². The van der Waals surface area contributed by atoms with Gasteiger partial charge in [0.05, 0.1) is 13.2 Å². The van der Waals surface area contributed by atoms with E-state index < -0.39 is 0 Å². The minimum atomic E-state index is -0.263. The maximum atomic E-state index is 11.1. The van der Waals surface area contributed by atoms with Crippen molar-refractivity contribution in [3.8, 4) is 0 Å². The molecular formula is C12H26N4O4. The Morgan fingerprint density at radius 3 is 1.30 bits per heavy atom. The maximum Gasteiger partial charge on any atom is 0.314 e. The van der Waals surface area contributed by atoms with Crippen molar-refractivity contribution in [2.75, 3.05) is 39.4 Å². The average molecular weight is 290 g/mol. The molecule has 0 radical (unpaired) electrons. The summed E-state index contributed by atoms with van der Waals surface area (Å²) in [7, 11) is 0. The van der Waals surface area contributed by atoms with Gasteiger partial charge in [-0.1, -0.05) is 12.8 Å². The summed E-state index contributed by atoms with van der Waals surface area (Å²) in [4.78, 5) is 22.2. The van der Waals surface area contributed by atoms with Crippen molar-refractivity contribution < 1.29 is 19.8 Å². The molecule has 4 amide bonds. The van der Waals surface area contributed by atoms with Gasteiger partial charge >= 0.3 is 12.1 Å². The molecule has 0 aliphatic heterocycles. The van der Waals surface area contributed by atoms with Crippen molar-refractivity contribution in [1.82, 2.24) is 21.3 Å². The standard InChI is InChI=1S/C12H26N4O4/c17-9-7-15-11(19)13-5-3-1-2-4-6-14-12(20)16-8-10-18/h17-18H,1-10H2,(H2,13,15,19)(H2,14,16,20). The van der Waals surface area contributed by atoms with Crippen LogP contribution in [-0.2, 0) is 0 Å². The van der Waals surface area contributed by atoms with Crippen LogP contribution in [0.2, 0.25) is 0 Å². The highest BCUT2D eigenvalue weighted by Gasteiger charge is 1.99. The van der Waals surface area contributed by atoms with E-state index in [1.165, 1.54) is 0 Å². The molecule has 0 aromatic rings. The van der Waals surface area contributed by atoms with Gasteiger partial charge in [-0.25, -0.2) is 9.59 Å². The Morgan fingerprint density at radius 2 is 0.950 bits per heavy atom. The number of carbonyl (C=O) groups excluding carboxylic acids is 2. The number of unbranched alkanes of at least 4 members (excludes halogenated alkanes) is 3. The molecule has 0 aliphatic rings. The van der Waals surface area contributed by atoms with Crippen molar-refractivity contribution in [3.63, 3.8) is 0 Å². The normalized spacial score (nSPS) is 9.90. The van der Waals surface area contributed by atoms with E-state index in [4.69, 9.17) is 10.2 Å². The Kier molecular flexibility index (Phi) is 12.8. The molecule has 0 heterocycles. The van der Waals surface area contributed by atoms with Gasteiger partial charge in [-0.3, -0.25) is 0 Å². The largest absolute Gasteiger partial charge is 0.395 e. The minimum absolute atomic E-state index is 0.0632. The summed E-state index contributed by atoms with van der Waals surface area (Å²) >= 11 is 0. The monoisotopic (exact) mass is 290 g/mol. The van der Waals surface area contributed by atoms with Gasteiger partial charge in [-0.05, 0) is 12.8 Å². The first-order chi connectivity index (χ1) is 9.70. The third kappa shape index (κ3) is 12.9. The summed E-state index contributed by atoms with van der Waals surface area (Å²) in [5.74, 6) is 0. The number of amides is 4. The van der Waals surface area contributed by atoms with Gasteiger partial charge in [-0.2, -0.15) is 0 Å². The zero-order chi connectivity index (χ0) is 15.1. The molecule has 0 aliphatic carbocycles. The molecular weight excluding hydrogens is 264 g/mol. The molecule has 8 nitrogen and oxygen atoms in total. The summed E-state index contributed by atoms with van der Waals surface area (Å²) in [6, 6.07) is -0.525. The fourth-order valence-corrected chi connectivity index (χ4v) is 1.47. The van der Waals surface area contributed by atoms with E-state index in [1.807, 2.05) is 0 Å². The van der Waals surface area contributed by atoms with Gasteiger partial charge in [0, 0.05) is 26.2 Å². The molecule has 118 valence electrons. The van der Waals surface area contributed by atoms with Crippen molar-refractivity contribution in [2.45, 2.75) is 25.7 Å². The molecule has 0 spiro atoms. The fourth-order valence-electron chi connectivity index (χ4n) is 1.47. The molecule has 0 atom stereocenters. The number of nitrogens with one attached hydrogen (secondary N) is 4.